The fourth-order valence-electron chi connectivity index (χ4n) is 2.81. The zero-order valence-corrected chi connectivity index (χ0v) is 16.0. The van der Waals surface area contributed by atoms with Crippen molar-refractivity contribution in [3.8, 4) is 0 Å². The van der Waals surface area contributed by atoms with Gasteiger partial charge in [0.15, 0.2) is 6.10 Å². The third-order valence-electron chi connectivity index (χ3n) is 4.44. The second kappa shape index (κ2) is 8.64. The minimum absolute atomic E-state index is 0.359. The SMILES string of the molecule is CC(OC(=O)Cn1cnc2ccccc2c1=O)C(=O)NC(C)c1ccc(F)cc1. The molecule has 0 aliphatic carbocycles. The van der Waals surface area contributed by atoms with E-state index in [1.165, 1.54) is 25.4 Å². The van der Waals surface area contributed by atoms with E-state index in [4.69, 9.17) is 4.74 Å². The van der Waals surface area contributed by atoms with Gasteiger partial charge < -0.3 is 10.1 Å². The smallest absolute Gasteiger partial charge is 0.326 e. The number of nitrogens with zero attached hydrogens (tertiary/aromatic N) is 2. The van der Waals surface area contributed by atoms with Crippen molar-refractivity contribution < 1.29 is 18.7 Å². The van der Waals surface area contributed by atoms with Crippen molar-refractivity contribution in [1.29, 1.82) is 0 Å². The molecule has 7 nitrogen and oxygen atoms in total. The lowest BCUT2D eigenvalue weighted by Crippen LogP contribution is -2.38. The van der Waals surface area contributed by atoms with Crippen LogP contribution in [0, 0.1) is 5.82 Å². The number of nitrogens with one attached hydrogen (secondary N) is 1. The van der Waals surface area contributed by atoms with Crippen LogP contribution in [-0.2, 0) is 20.9 Å². The fraction of sp³-hybridized carbons (Fsp3) is 0.238. The molecule has 1 N–H and O–H groups in total. The molecule has 0 spiro atoms. The van der Waals surface area contributed by atoms with Crippen molar-refractivity contribution in [1.82, 2.24) is 14.9 Å². The van der Waals surface area contributed by atoms with E-state index in [1.54, 1.807) is 43.3 Å². The summed E-state index contributed by atoms with van der Waals surface area (Å²) >= 11 is 0. The fourth-order valence-corrected chi connectivity index (χ4v) is 2.81. The maximum absolute atomic E-state index is 13.0. The number of esters is 1. The number of benzene rings is 2. The summed E-state index contributed by atoms with van der Waals surface area (Å²) in [7, 11) is 0. The summed E-state index contributed by atoms with van der Waals surface area (Å²) in [5.41, 5.74) is 0.881. The highest BCUT2D eigenvalue weighted by molar-refractivity contribution is 5.83. The van der Waals surface area contributed by atoms with E-state index in [-0.39, 0.29) is 17.9 Å². The summed E-state index contributed by atoms with van der Waals surface area (Å²) in [6, 6.07) is 12.1. The molecule has 1 amide bonds. The number of para-hydroxylation sites is 1. The molecule has 29 heavy (non-hydrogen) atoms. The Bertz CT molecular complexity index is 1100. The van der Waals surface area contributed by atoms with Gasteiger partial charge in [-0.15, -0.1) is 0 Å². The van der Waals surface area contributed by atoms with E-state index in [9.17, 15) is 18.8 Å². The number of ether oxygens (including phenoxy) is 1. The Morgan fingerprint density at radius 1 is 1.14 bits per heavy atom. The molecule has 1 aromatic heterocycles. The Morgan fingerprint density at radius 2 is 1.83 bits per heavy atom. The molecule has 3 aromatic rings. The van der Waals surface area contributed by atoms with Gasteiger partial charge in [-0.05, 0) is 43.7 Å². The second-order valence-electron chi connectivity index (χ2n) is 6.61. The molecule has 2 atom stereocenters. The van der Waals surface area contributed by atoms with Crippen molar-refractivity contribution in [3.05, 3.63) is 76.6 Å². The average molecular weight is 397 g/mol. The Hall–Kier alpha value is -3.55. The van der Waals surface area contributed by atoms with Crippen LogP contribution in [0.5, 0.6) is 0 Å². The van der Waals surface area contributed by atoms with Crippen LogP contribution in [0.4, 0.5) is 4.39 Å². The van der Waals surface area contributed by atoms with Gasteiger partial charge in [0.1, 0.15) is 12.4 Å². The summed E-state index contributed by atoms with van der Waals surface area (Å²) < 4.78 is 19.3. The van der Waals surface area contributed by atoms with E-state index in [0.717, 1.165) is 4.57 Å². The first-order chi connectivity index (χ1) is 13.8. The summed E-state index contributed by atoms with van der Waals surface area (Å²) in [5, 5.41) is 3.09. The van der Waals surface area contributed by atoms with Crippen LogP contribution in [-0.4, -0.2) is 27.5 Å². The molecule has 2 aromatic carbocycles. The minimum atomic E-state index is -1.06. The lowest BCUT2D eigenvalue weighted by Gasteiger charge is -2.18. The number of aromatic nitrogens is 2. The molecule has 2 unspecified atom stereocenters. The lowest BCUT2D eigenvalue weighted by molar-refractivity contribution is -0.155. The third kappa shape index (κ3) is 4.84. The highest BCUT2D eigenvalue weighted by Gasteiger charge is 2.20. The van der Waals surface area contributed by atoms with Gasteiger partial charge in [-0.1, -0.05) is 24.3 Å². The molecule has 0 radical (unpaired) electrons. The lowest BCUT2D eigenvalue weighted by atomic mass is 10.1. The quantitative estimate of drug-likeness (QED) is 0.645. The van der Waals surface area contributed by atoms with Crippen molar-refractivity contribution in [2.24, 2.45) is 0 Å². The van der Waals surface area contributed by atoms with Crippen LogP contribution in [0.25, 0.3) is 10.9 Å². The van der Waals surface area contributed by atoms with Gasteiger partial charge in [0.25, 0.3) is 11.5 Å². The van der Waals surface area contributed by atoms with Gasteiger partial charge in [0.2, 0.25) is 0 Å². The standard InChI is InChI=1S/C21H20FN3O4/c1-13(15-7-9-16(22)10-8-15)24-20(27)14(2)29-19(26)11-25-12-23-18-6-4-3-5-17(18)21(25)28/h3-10,12-14H,11H2,1-2H3,(H,24,27). The summed E-state index contributed by atoms with van der Waals surface area (Å²) in [4.78, 5) is 41.0. The number of fused-ring (bicyclic) bond motifs is 1. The van der Waals surface area contributed by atoms with Crippen molar-refractivity contribution >= 4 is 22.8 Å². The Labute approximate surface area is 166 Å². The molecule has 0 saturated heterocycles. The normalized spacial score (nSPS) is 12.9. The molecule has 3 rings (SSSR count). The van der Waals surface area contributed by atoms with Crippen molar-refractivity contribution in [3.63, 3.8) is 0 Å². The molecule has 1 heterocycles. The van der Waals surface area contributed by atoms with Crippen LogP contribution in [0.2, 0.25) is 0 Å². The number of carbonyl (C=O) groups is 2. The van der Waals surface area contributed by atoms with Crippen LogP contribution < -0.4 is 10.9 Å². The van der Waals surface area contributed by atoms with Gasteiger partial charge >= 0.3 is 5.97 Å². The molecule has 150 valence electrons. The predicted octanol–water partition coefficient (Wildman–Crippen LogP) is 2.34. The topological polar surface area (TPSA) is 90.3 Å². The van der Waals surface area contributed by atoms with E-state index in [0.29, 0.717) is 16.5 Å². The van der Waals surface area contributed by atoms with E-state index in [1.807, 2.05) is 0 Å². The zero-order valence-electron chi connectivity index (χ0n) is 16.0. The first-order valence-corrected chi connectivity index (χ1v) is 9.04. The Kier molecular flexibility index (Phi) is 6.01. The van der Waals surface area contributed by atoms with E-state index < -0.39 is 24.0 Å². The largest absolute Gasteiger partial charge is 0.451 e. The van der Waals surface area contributed by atoms with Gasteiger partial charge in [0.05, 0.1) is 23.3 Å². The summed E-state index contributed by atoms with van der Waals surface area (Å²) in [6.07, 6.45) is 0.210. The number of hydrogen-bond acceptors (Lipinski definition) is 5. The maximum Gasteiger partial charge on any atom is 0.326 e. The highest BCUT2D eigenvalue weighted by Crippen LogP contribution is 2.13. The highest BCUT2D eigenvalue weighted by atomic mass is 19.1. The molecular formula is C21H20FN3O4. The summed E-state index contributed by atoms with van der Waals surface area (Å²) in [5.74, 6) is -1.60. The second-order valence-corrected chi connectivity index (χ2v) is 6.61. The van der Waals surface area contributed by atoms with Gasteiger partial charge in [-0.3, -0.25) is 19.0 Å². The third-order valence-corrected chi connectivity index (χ3v) is 4.44. The first kappa shape index (κ1) is 20.2. The molecule has 0 aliphatic heterocycles. The number of rotatable bonds is 6. The maximum atomic E-state index is 13.0. The predicted molar refractivity (Wildman–Crippen MR) is 105 cm³/mol. The molecular weight excluding hydrogens is 377 g/mol. The Morgan fingerprint density at radius 3 is 2.55 bits per heavy atom. The zero-order chi connectivity index (χ0) is 21.0. The monoisotopic (exact) mass is 397 g/mol. The van der Waals surface area contributed by atoms with Crippen LogP contribution in [0.1, 0.15) is 25.5 Å². The molecule has 0 bridgehead atoms. The van der Waals surface area contributed by atoms with Gasteiger partial charge in [0, 0.05) is 0 Å². The number of hydrogen-bond donors (Lipinski definition) is 1. The Balaban J connectivity index is 1.60. The van der Waals surface area contributed by atoms with Gasteiger partial charge in [-0.2, -0.15) is 0 Å². The van der Waals surface area contributed by atoms with Crippen LogP contribution in [0.15, 0.2) is 59.7 Å². The molecule has 8 heteroatoms. The number of halogens is 1. The molecule has 0 aliphatic rings. The van der Waals surface area contributed by atoms with Crippen molar-refractivity contribution in [2.45, 2.75) is 32.5 Å². The molecule has 0 fully saturated rings. The van der Waals surface area contributed by atoms with Gasteiger partial charge in [-0.25, -0.2) is 9.37 Å². The van der Waals surface area contributed by atoms with Crippen LogP contribution >= 0.6 is 0 Å². The summed E-state index contributed by atoms with van der Waals surface area (Å²) in [6.45, 7) is 2.81. The van der Waals surface area contributed by atoms with E-state index >= 15 is 0 Å². The number of carbonyl (C=O) groups excluding carboxylic acids is 2. The average Bonchev–Trinajstić information content (AvgIpc) is 2.70. The van der Waals surface area contributed by atoms with Crippen molar-refractivity contribution in [2.75, 3.05) is 0 Å². The molecule has 0 saturated carbocycles. The van der Waals surface area contributed by atoms with E-state index in [2.05, 4.69) is 10.3 Å². The number of amides is 1. The first-order valence-electron chi connectivity index (χ1n) is 9.04. The minimum Gasteiger partial charge on any atom is -0.451 e. The van der Waals surface area contributed by atoms with Crippen LogP contribution in [0.3, 0.4) is 0 Å².